The Kier molecular flexibility index (Phi) is 4.86. The summed E-state index contributed by atoms with van der Waals surface area (Å²) in [5.74, 6) is 0.693. The molecular weight excluding hydrogens is 280 g/mol. The van der Waals surface area contributed by atoms with E-state index in [9.17, 15) is 10.1 Å². The minimum atomic E-state index is -0.506. The van der Waals surface area contributed by atoms with Crippen molar-refractivity contribution in [1.82, 2.24) is 10.3 Å². The number of amides is 1. The Hall–Kier alpha value is -2.29. The fourth-order valence-corrected chi connectivity index (χ4v) is 2.56. The van der Waals surface area contributed by atoms with Crippen LogP contribution in [-0.4, -0.2) is 35.8 Å². The zero-order chi connectivity index (χ0) is 16.2. The number of nitrogens with zero attached hydrogens (tertiary/aromatic N) is 3. The Balaban J connectivity index is 2.00. The summed E-state index contributed by atoms with van der Waals surface area (Å²) in [6, 6.07) is 5.83. The molecule has 0 spiro atoms. The van der Waals surface area contributed by atoms with Gasteiger partial charge in [-0.25, -0.2) is 9.78 Å². The number of pyridine rings is 1. The Morgan fingerprint density at radius 2 is 2.36 bits per heavy atom. The number of nitrogens with one attached hydrogen (secondary N) is 1. The Morgan fingerprint density at radius 3 is 3.05 bits per heavy atom. The molecule has 1 N–H and O–H groups in total. The zero-order valence-corrected chi connectivity index (χ0v) is 13.3. The minimum absolute atomic E-state index is 0.134. The number of carbonyl (C=O) groups is 1. The lowest BCUT2D eigenvalue weighted by Crippen LogP contribution is -2.42. The highest BCUT2D eigenvalue weighted by molar-refractivity contribution is 5.68. The van der Waals surface area contributed by atoms with Crippen LogP contribution in [0.15, 0.2) is 18.3 Å². The van der Waals surface area contributed by atoms with Gasteiger partial charge in [0.2, 0.25) is 0 Å². The van der Waals surface area contributed by atoms with Crippen molar-refractivity contribution < 1.29 is 9.53 Å². The maximum Gasteiger partial charge on any atom is 0.407 e. The maximum atomic E-state index is 11.8. The second kappa shape index (κ2) is 6.65. The number of ether oxygens (including phenoxy) is 1. The molecule has 1 atom stereocenters. The molecule has 0 radical (unpaired) electrons. The van der Waals surface area contributed by atoms with E-state index >= 15 is 0 Å². The Labute approximate surface area is 131 Å². The third-order valence-corrected chi connectivity index (χ3v) is 3.44. The molecule has 1 aromatic rings. The smallest absolute Gasteiger partial charge is 0.407 e. The van der Waals surface area contributed by atoms with Gasteiger partial charge in [0.1, 0.15) is 17.5 Å². The van der Waals surface area contributed by atoms with E-state index in [-0.39, 0.29) is 6.04 Å². The van der Waals surface area contributed by atoms with Crippen LogP contribution in [0.2, 0.25) is 0 Å². The molecular formula is C16H22N4O2. The van der Waals surface area contributed by atoms with Gasteiger partial charge in [0.25, 0.3) is 0 Å². The molecule has 6 nitrogen and oxygen atoms in total. The molecule has 0 unspecified atom stereocenters. The number of aromatic nitrogens is 1. The molecule has 0 aliphatic carbocycles. The van der Waals surface area contributed by atoms with Gasteiger partial charge in [-0.15, -0.1) is 0 Å². The highest BCUT2D eigenvalue weighted by Crippen LogP contribution is 2.26. The summed E-state index contributed by atoms with van der Waals surface area (Å²) in [6.45, 7) is 6.83. The molecule has 1 aromatic heterocycles. The van der Waals surface area contributed by atoms with Gasteiger partial charge in [-0.3, -0.25) is 0 Å². The summed E-state index contributed by atoms with van der Waals surface area (Å²) >= 11 is 0. The van der Waals surface area contributed by atoms with Gasteiger partial charge in [0.15, 0.2) is 0 Å². The fraction of sp³-hybridized carbons (Fsp3) is 0.562. The molecule has 1 fully saturated rings. The van der Waals surface area contributed by atoms with E-state index < -0.39 is 11.7 Å². The third kappa shape index (κ3) is 4.10. The van der Waals surface area contributed by atoms with E-state index in [0.717, 1.165) is 19.4 Å². The average molecular weight is 302 g/mol. The monoisotopic (exact) mass is 302 g/mol. The average Bonchev–Trinajstić information content (AvgIpc) is 2.91. The molecule has 2 rings (SSSR count). The standard InChI is InChI=1S/C16H22N4O2/c1-16(2,3)22-15(21)19-11-13-7-5-9-20(13)14-12(10-17)6-4-8-18-14/h4,6,8,13H,5,7,9,11H2,1-3H3,(H,19,21)/t13-/m1/s1. The number of nitriles is 1. The van der Waals surface area contributed by atoms with Crippen molar-refractivity contribution in [2.75, 3.05) is 18.0 Å². The Morgan fingerprint density at radius 1 is 1.59 bits per heavy atom. The number of hydrogen-bond donors (Lipinski definition) is 1. The van der Waals surface area contributed by atoms with Crippen LogP contribution in [0, 0.1) is 11.3 Å². The first kappa shape index (κ1) is 16.1. The fourth-order valence-electron chi connectivity index (χ4n) is 2.56. The van der Waals surface area contributed by atoms with Crippen LogP contribution in [0.25, 0.3) is 0 Å². The lowest BCUT2D eigenvalue weighted by Gasteiger charge is -2.27. The van der Waals surface area contributed by atoms with E-state index in [4.69, 9.17) is 4.74 Å². The van der Waals surface area contributed by atoms with E-state index in [1.54, 1.807) is 18.3 Å². The van der Waals surface area contributed by atoms with Crippen molar-refractivity contribution in [3.8, 4) is 6.07 Å². The van der Waals surface area contributed by atoms with Gasteiger partial charge in [-0.1, -0.05) is 0 Å². The van der Waals surface area contributed by atoms with Gasteiger partial charge >= 0.3 is 6.09 Å². The lowest BCUT2D eigenvalue weighted by molar-refractivity contribution is 0.0525. The van der Waals surface area contributed by atoms with Gasteiger partial charge in [-0.2, -0.15) is 5.26 Å². The predicted molar refractivity (Wildman–Crippen MR) is 83.6 cm³/mol. The van der Waals surface area contributed by atoms with Crippen molar-refractivity contribution in [2.24, 2.45) is 0 Å². The summed E-state index contributed by atoms with van der Waals surface area (Å²) in [5.41, 5.74) is 0.0562. The number of hydrogen-bond acceptors (Lipinski definition) is 5. The Bertz CT molecular complexity index is 574. The minimum Gasteiger partial charge on any atom is -0.444 e. The van der Waals surface area contributed by atoms with E-state index in [1.165, 1.54) is 0 Å². The molecule has 118 valence electrons. The number of carbonyl (C=O) groups excluding carboxylic acids is 1. The molecule has 22 heavy (non-hydrogen) atoms. The normalized spacial score (nSPS) is 17.9. The first-order valence-corrected chi connectivity index (χ1v) is 7.49. The summed E-state index contributed by atoms with van der Waals surface area (Å²) in [7, 11) is 0. The van der Waals surface area contributed by atoms with Crippen LogP contribution in [0.1, 0.15) is 39.2 Å². The maximum absolute atomic E-state index is 11.8. The number of alkyl carbamates (subject to hydrolysis) is 1. The van der Waals surface area contributed by atoms with Crippen LogP contribution in [0.3, 0.4) is 0 Å². The first-order chi connectivity index (χ1) is 10.4. The largest absolute Gasteiger partial charge is 0.444 e. The molecule has 0 saturated carbocycles. The lowest BCUT2D eigenvalue weighted by atomic mass is 10.2. The van der Waals surface area contributed by atoms with E-state index in [1.807, 2.05) is 20.8 Å². The number of anilines is 1. The second-order valence-corrected chi connectivity index (χ2v) is 6.36. The quantitative estimate of drug-likeness (QED) is 0.928. The highest BCUT2D eigenvalue weighted by Gasteiger charge is 2.28. The second-order valence-electron chi connectivity index (χ2n) is 6.36. The molecule has 2 heterocycles. The molecule has 1 aliphatic rings. The summed E-state index contributed by atoms with van der Waals surface area (Å²) in [4.78, 5) is 18.2. The van der Waals surface area contributed by atoms with Crippen LogP contribution < -0.4 is 10.2 Å². The zero-order valence-electron chi connectivity index (χ0n) is 13.3. The van der Waals surface area contributed by atoms with Crippen molar-refractivity contribution >= 4 is 11.9 Å². The van der Waals surface area contributed by atoms with Gasteiger partial charge in [0.05, 0.1) is 5.56 Å². The summed E-state index contributed by atoms with van der Waals surface area (Å²) in [5, 5.41) is 12.0. The van der Waals surface area contributed by atoms with Gasteiger partial charge < -0.3 is 15.0 Å². The van der Waals surface area contributed by atoms with Crippen molar-refractivity contribution in [1.29, 1.82) is 5.26 Å². The van der Waals surface area contributed by atoms with Crippen molar-refractivity contribution in [3.05, 3.63) is 23.9 Å². The van der Waals surface area contributed by atoms with E-state index in [2.05, 4.69) is 21.3 Å². The molecule has 0 bridgehead atoms. The predicted octanol–water partition coefficient (Wildman–Crippen LogP) is 2.45. The summed E-state index contributed by atoms with van der Waals surface area (Å²) < 4.78 is 5.25. The van der Waals surface area contributed by atoms with Gasteiger partial charge in [-0.05, 0) is 45.7 Å². The van der Waals surface area contributed by atoms with E-state index in [0.29, 0.717) is 17.9 Å². The first-order valence-electron chi connectivity index (χ1n) is 7.49. The topological polar surface area (TPSA) is 78.2 Å². The van der Waals surface area contributed by atoms with Crippen LogP contribution in [0.4, 0.5) is 10.6 Å². The van der Waals surface area contributed by atoms with Gasteiger partial charge in [0, 0.05) is 25.3 Å². The molecule has 6 heteroatoms. The van der Waals surface area contributed by atoms with Crippen LogP contribution in [-0.2, 0) is 4.74 Å². The molecule has 1 aliphatic heterocycles. The third-order valence-electron chi connectivity index (χ3n) is 3.44. The SMILES string of the molecule is CC(C)(C)OC(=O)NC[C@H]1CCCN1c1ncccc1C#N. The van der Waals surface area contributed by atoms with Crippen molar-refractivity contribution in [2.45, 2.75) is 45.3 Å². The van der Waals surface area contributed by atoms with Crippen molar-refractivity contribution in [3.63, 3.8) is 0 Å². The number of rotatable bonds is 3. The molecule has 1 amide bonds. The van der Waals surface area contributed by atoms with Crippen LogP contribution >= 0.6 is 0 Å². The summed E-state index contributed by atoms with van der Waals surface area (Å²) in [6.07, 6.45) is 3.24. The van der Waals surface area contributed by atoms with Crippen LogP contribution in [0.5, 0.6) is 0 Å². The molecule has 1 saturated heterocycles. The molecule has 0 aromatic carbocycles. The highest BCUT2D eigenvalue weighted by atomic mass is 16.6.